The van der Waals surface area contributed by atoms with Gasteiger partial charge in [-0.25, -0.2) is 0 Å². The van der Waals surface area contributed by atoms with Gasteiger partial charge in [-0.2, -0.15) is 5.26 Å². The van der Waals surface area contributed by atoms with Crippen molar-refractivity contribution in [2.24, 2.45) is 5.92 Å². The molecule has 0 aliphatic carbocycles. The highest BCUT2D eigenvalue weighted by Crippen LogP contribution is 2.37. The van der Waals surface area contributed by atoms with E-state index in [0.29, 0.717) is 33.8 Å². The monoisotopic (exact) mass is 500 g/mol. The second-order valence-electron chi connectivity index (χ2n) is 9.40. The number of hydrogen-bond donors (Lipinski definition) is 0. The van der Waals surface area contributed by atoms with Gasteiger partial charge in [0, 0.05) is 31.8 Å². The van der Waals surface area contributed by atoms with Gasteiger partial charge in [-0.1, -0.05) is 37.8 Å². The van der Waals surface area contributed by atoms with E-state index in [2.05, 4.69) is 17.9 Å². The molecule has 3 aliphatic heterocycles. The van der Waals surface area contributed by atoms with E-state index in [1.807, 2.05) is 19.9 Å². The highest BCUT2D eigenvalue weighted by molar-refractivity contribution is 8.26. The first-order chi connectivity index (χ1) is 16.3. The molecule has 34 heavy (non-hydrogen) atoms. The molecule has 9 heteroatoms. The number of pyridine rings is 1. The third-order valence-corrected chi connectivity index (χ3v) is 8.31. The van der Waals surface area contributed by atoms with Crippen LogP contribution >= 0.6 is 24.0 Å². The lowest BCUT2D eigenvalue weighted by atomic mass is 9.97. The van der Waals surface area contributed by atoms with E-state index >= 15 is 0 Å². The van der Waals surface area contributed by atoms with Crippen molar-refractivity contribution < 1.29 is 9.53 Å². The maximum atomic E-state index is 13.3. The summed E-state index contributed by atoms with van der Waals surface area (Å²) in [5.74, 6) is 1.33. The normalized spacial score (nSPS) is 22.8. The number of nitrogens with zero attached hydrogens (tertiary/aromatic N) is 4. The van der Waals surface area contributed by atoms with E-state index < -0.39 is 0 Å². The van der Waals surface area contributed by atoms with Gasteiger partial charge in [0.05, 0.1) is 17.6 Å². The first kappa shape index (κ1) is 25.0. The van der Waals surface area contributed by atoms with Gasteiger partial charge >= 0.3 is 0 Å². The zero-order valence-electron chi connectivity index (χ0n) is 20.1. The summed E-state index contributed by atoms with van der Waals surface area (Å²) >= 11 is 6.83. The van der Waals surface area contributed by atoms with Crippen molar-refractivity contribution in [2.45, 2.75) is 65.5 Å². The van der Waals surface area contributed by atoms with Gasteiger partial charge in [-0.3, -0.25) is 19.1 Å². The minimum absolute atomic E-state index is 0.0196. The van der Waals surface area contributed by atoms with Crippen LogP contribution in [0.5, 0.6) is 0 Å². The van der Waals surface area contributed by atoms with Crippen LogP contribution < -0.4 is 10.5 Å². The van der Waals surface area contributed by atoms with E-state index in [0.717, 1.165) is 63.2 Å². The predicted molar refractivity (Wildman–Crippen MR) is 140 cm³/mol. The zero-order chi connectivity index (χ0) is 24.4. The summed E-state index contributed by atoms with van der Waals surface area (Å²) in [6.07, 6.45) is 6.66. The minimum Gasteiger partial charge on any atom is -0.376 e. The maximum absolute atomic E-state index is 13.3. The standard InChI is InChI=1S/C25H32N4O3S2/c1-4-9-28-22(27-10-7-16(2)8-11-27)19(17(3)20(14-26)23(28)30)13-21-24(31)29(25(33)34-21)15-18-6-5-12-32-18/h13,16,18H,4-12,15H2,1-3H3. The Labute approximate surface area is 210 Å². The molecular formula is C25H32N4O3S2. The summed E-state index contributed by atoms with van der Waals surface area (Å²) in [5.41, 5.74) is 1.29. The van der Waals surface area contributed by atoms with E-state index in [4.69, 9.17) is 17.0 Å². The molecule has 3 aliphatic rings. The first-order valence-corrected chi connectivity index (χ1v) is 13.4. The molecule has 1 aromatic heterocycles. The Balaban J connectivity index is 1.80. The zero-order valence-corrected chi connectivity index (χ0v) is 21.8. The molecule has 3 saturated heterocycles. The Bertz CT molecular complexity index is 1110. The number of carbonyl (C=O) groups excluding carboxylic acids is 1. The Kier molecular flexibility index (Phi) is 7.80. The quantitative estimate of drug-likeness (QED) is 0.431. The van der Waals surface area contributed by atoms with Crippen LogP contribution in [-0.4, -0.2) is 52.0 Å². The fourth-order valence-corrected chi connectivity index (χ4v) is 6.17. The second kappa shape index (κ2) is 10.6. The van der Waals surface area contributed by atoms with Gasteiger partial charge in [0.2, 0.25) is 0 Å². The van der Waals surface area contributed by atoms with Crippen LogP contribution in [-0.2, 0) is 16.1 Å². The molecule has 0 radical (unpaired) electrons. The Hall–Kier alpha value is -2.15. The van der Waals surface area contributed by atoms with Crippen LogP contribution in [0.25, 0.3) is 6.08 Å². The molecule has 4 heterocycles. The number of carbonyl (C=O) groups is 1. The molecular weight excluding hydrogens is 468 g/mol. The largest absolute Gasteiger partial charge is 0.376 e. The molecule has 0 N–H and O–H groups in total. The molecule has 0 aromatic carbocycles. The molecule has 7 nitrogen and oxygen atoms in total. The molecule has 3 fully saturated rings. The van der Waals surface area contributed by atoms with E-state index in [1.165, 1.54) is 11.8 Å². The van der Waals surface area contributed by atoms with Crippen molar-refractivity contribution in [1.82, 2.24) is 9.47 Å². The van der Waals surface area contributed by atoms with Crippen LogP contribution in [0.4, 0.5) is 5.82 Å². The van der Waals surface area contributed by atoms with Crippen molar-refractivity contribution in [3.05, 3.63) is 31.9 Å². The number of nitriles is 1. The third kappa shape index (κ3) is 4.81. The molecule has 0 spiro atoms. The molecule has 1 amide bonds. The second-order valence-corrected chi connectivity index (χ2v) is 11.1. The molecule has 0 bridgehead atoms. The number of thiocarbonyl (C=S) groups is 1. The molecule has 0 saturated carbocycles. The Morgan fingerprint density at radius 3 is 2.62 bits per heavy atom. The summed E-state index contributed by atoms with van der Waals surface area (Å²) in [5, 5.41) is 9.80. The molecule has 1 aromatic rings. The van der Waals surface area contributed by atoms with Crippen molar-refractivity contribution in [3.8, 4) is 6.07 Å². The maximum Gasteiger partial charge on any atom is 0.270 e. The number of aromatic nitrogens is 1. The van der Waals surface area contributed by atoms with Gasteiger partial charge in [0.1, 0.15) is 21.8 Å². The van der Waals surface area contributed by atoms with Crippen LogP contribution in [0.1, 0.15) is 62.6 Å². The van der Waals surface area contributed by atoms with Crippen molar-refractivity contribution in [2.75, 3.05) is 31.1 Å². The summed E-state index contributed by atoms with van der Waals surface area (Å²) < 4.78 is 7.98. The smallest absolute Gasteiger partial charge is 0.270 e. The molecule has 4 rings (SSSR count). The Morgan fingerprint density at radius 1 is 1.26 bits per heavy atom. The van der Waals surface area contributed by atoms with Gasteiger partial charge in [0.15, 0.2) is 0 Å². The van der Waals surface area contributed by atoms with Gasteiger partial charge in [-0.15, -0.1) is 0 Å². The van der Waals surface area contributed by atoms with Crippen molar-refractivity contribution >= 4 is 46.1 Å². The van der Waals surface area contributed by atoms with Gasteiger partial charge in [-0.05, 0) is 56.6 Å². The SMILES string of the molecule is CCCn1c(N2CCC(C)CC2)c(C=C2SC(=S)N(CC3CCCO3)C2=O)c(C)c(C#N)c1=O. The fourth-order valence-electron chi connectivity index (χ4n) is 4.92. The molecule has 182 valence electrons. The van der Waals surface area contributed by atoms with Crippen LogP contribution in [0.15, 0.2) is 9.70 Å². The Morgan fingerprint density at radius 2 is 2.00 bits per heavy atom. The predicted octanol–water partition coefficient (Wildman–Crippen LogP) is 4.05. The van der Waals surface area contributed by atoms with Crippen LogP contribution in [0.3, 0.4) is 0 Å². The van der Waals surface area contributed by atoms with Crippen LogP contribution in [0.2, 0.25) is 0 Å². The highest BCUT2D eigenvalue weighted by atomic mass is 32.2. The lowest BCUT2D eigenvalue weighted by Crippen LogP contribution is -2.39. The number of rotatable bonds is 6. The van der Waals surface area contributed by atoms with E-state index in [1.54, 1.807) is 9.47 Å². The average molecular weight is 501 g/mol. The van der Waals surface area contributed by atoms with Gasteiger partial charge in [0.25, 0.3) is 11.5 Å². The number of anilines is 1. The van der Waals surface area contributed by atoms with E-state index in [9.17, 15) is 14.9 Å². The van der Waals surface area contributed by atoms with Crippen molar-refractivity contribution in [3.63, 3.8) is 0 Å². The lowest BCUT2D eigenvalue weighted by Gasteiger charge is -2.35. The van der Waals surface area contributed by atoms with Crippen molar-refractivity contribution in [1.29, 1.82) is 5.26 Å². The fraction of sp³-hybridized carbons (Fsp3) is 0.600. The van der Waals surface area contributed by atoms with Gasteiger partial charge < -0.3 is 9.64 Å². The summed E-state index contributed by atoms with van der Waals surface area (Å²) in [7, 11) is 0. The molecule has 1 atom stereocenters. The molecule has 1 unspecified atom stereocenters. The number of thioether (sulfide) groups is 1. The number of piperidine rings is 1. The number of ether oxygens (including phenoxy) is 1. The number of hydrogen-bond acceptors (Lipinski definition) is 7. The summed E-state index contributed by atoms with van der Waals surface area (Å²) in [6.45, 7) is 9.49. The third-order valence-electron chi connectivity index (χ3n) is 6.94. The average Bonchev–Trinajstić information content (AvgIpc) is 3.42. The highest BCUT2D eigenvalue weighted by Gasteiger charge is 2.35. The first-order valence-electron chi connectivity index (χ1n) is 12.1. The summed E-state index contributed by atoms with van der Waals surface area (Å²) in [6, 6.07) is 2.12. The topological polar surface area (TPSA) is 78.6 Å². The van der Waals surface area contributed by atoms with Crippen LogP contribution in [0, 0.1) is 24.2 Å². The lowest BCUT2D eigenvalue weighted by molar-refractivity contribution is -0.123. The summed E-state index contributed by atoms with van der Waals surface area (Å²) in [4.78, 5) is 31.0. The number of amides is 1. The van der Waals surface area contributed by atoms with E-state index in [-0.39, 0.29) is 23.1 Å². The minimum atomic E-state index is -0.251.